The highest BCUT2D eigenvalue weighted by Crippen LogP contribution is 2.27. The van der Waals surface area contributed by atoms with Gasteiger partial charge < -0.3 is 19.4 Å². The molecular formula is C17H26N6. The van der Waals surface area contributed by atoms with Gasteiger partial charge in [-0.05, 0) is 24.0 Å². The normalized spacial score (nSPS) is 22.4. The third kappa shape index (κ3) is 3.57. The minimum atomic E-state index is 0.446. The Kier molecular flexibility index (Phi) is 4.69. The number of rotatable bonds is 3. The summed E-state index contributed by atoms with van der Waals surface area (Å²) in [7, 11) is 3.90. The number of hydrogen-bond donors (Lipinski definition) is 1. The average molecular weight is 314 g/mol. The van der Waals surface area contributed by atoms with Gasteiger partial charge in [0.2, 0.25) is 0 Å². The zero-order valence-electron chi connectivity index (χ0n) is 14.2. The van der Waals surface area contributed by atoms with Crippen LogP contribution in [0.4, 0.5) is 0 Å². The fourth-order valence-corrected chi connectivity index (χ4v) is 3.27. The summed E-state index contributed by atoms with van der Waals surface area (Å²) < 4.78 is 4.29. The summed E-state index contributed by atoms with van der Waals surface area (Å²) in [6.45, 7) is 5.13. The Hall–Kier alpha value is -2.24. The molecule has 1 aliphatic rings. The van der Waals surface area contributed by atoms with Crippen molar-refractivity contribution in [1.29, 1.82) is 0 Å². The van der Waals surface area contributed by atoms with Gasteiger partial charge in [0.25, 0.3) is 0 Å². The van der Waals surface area contributed by atoms with E-state index in [0.29, 0.717) is 12.0 Å². The Labute approximate surface area is 137 Å². The number of imidazole rings is 1. The molecule has 2 atom stereocenters. The van der Waals surface area contributed by atoms with Crippen LogP contribution < -0.4 is 5.32 Å². The molecule has 1 fully saturated rings. The molecular weight excluding hydrogens is 288 g/mol. The molecule has 2 unspecified atom stereocenters. The summed E-state index contributed by atoms with van der Waals surface area (Å²) in [6.07, 6.45) is 11.2. The van der Waals surface area contributed by atoms with E-state index in [2.05, 4.69) is 60.9 Å². The van der Waals surface area contributed by atoms with Crippen LogP contribution in [0.15, 0.2) is 42.2 Å². The molecule has 0 bridgehead atoms. The Morgan fingerprint density at radius 3 is 2.96 bits per heavy atom. The molecule has 0 aliphatic carbocycles. The molecule has 0 radical (unpaired) electrons. The zero-order valence-corrected chi connectivity index (χ0v) is 14.2. The van der Waals surface area contributed by atoms with E-state index < -0.39 is 0 Å². The average Bonchev–Trinajstić information content (AvgIpc) is 3.21. The molecule has 1 saturated heterocycles. The van der Waals surface area contributed by atoms with Gasteiger partial charge in [-0.15, -0.1) is 0 Å². The van der Waals surface area contributed by atoms with Crippen LogP contribution in [0.2, 0.25) is 0 Å². The molecule has 3 heterocycles. The van der Waals surface area contributed by atoms with Gasteiger partial charge >= 0.3 is 0 Å². The predicted octanol–water partition coefficient (Wildman–Crippen LogP) is 1.88. The number of piperidine rings is 1. The second-order valence-corrected chi connectivity index (χ2v) is 6.38. The number of likely N-dealkylation sites (tertiary alicyclic amines) is 1. The number of nitrogens with zero attached hydrogens (tertiary/aromatic N) is 5. The molecule has 0 amide bonds. The van der Waals surface area contributed by atoms with Crippen LogP contribution >= 0.6 is 0 Å². The zero-order chi connectivity index (χ0) is 16.2. The molecule has 1 N–H and O–H groups in total. The van der Waals surface area contributed by atoms with Gasteiger partial charge in [-0.3, -0.25) is 4.99 Å². The maximum absolute atomic E-state index is 4.47. The van der Waals surface area contributed by atoms with Gasteiger partial charge in [0.15, 0.2) is 5.96 Å². The highest BCUT2D eigenvalue weighted by Gasteiger charge is 2.28. The molecule has 6 nitrogen and oxygen atoms in total. The van der Waals surface area contributed by atoms with Crippen LogP contribution in [0.5, 0.6) is 0 Å². The lowest BCUT2D eigenvalue weighted by molar-refractivity contribution is 0.189. The van der Waals surface area contributed by atoms with E-state index >= 15 is 0 Å². The number of nitrogens with one attached hydrogen (secondary N) is 1. The summed E-state index contributed by atoms with van der Waals surface area (Å²) in [4.78, 5) is 11.0. The smallest absolute Gasteiger partial charge is 0.193 e. The molecule has 0 saturated carbocycles. The minimum absolute atomic E-state index is 0.446. The first-order chi connectivity index (χ1) is 11.2. The molecule has 23 heavy (non-hydrogen) atoms. The van der Waals surface area contributed by atoms with Gasteiger partial charge in [-0.1, -0.05) is 6.92 Å². The van der Waals surface area contributed by atoms with E-state index in [1.54, 1.807) is 0 Å². The third-order valence-electron chi connectivity index (χ3n) is 4.68. The van der Waals surface area contributed by atoms with E-state index in [0.717, 1.165) is 32.0 Å². The second-order valence-electron chi connectivity index (χ2n) is 6.38. The molecule has 0 aromatic carbocycles. The van der Waals surface area contributed by atoms with Gasteiger partial charge in [0.1, 0.15) is 0 Å². The number of hydrogen-bond acceptors (Lipinski definition) is 2. The van der Waals surface area contributed by atoms with Crippen molar-refractivity contribution in [2.24, 2.45) is 18.0 Å². The van der Waals surface area contributed by atoms with Crippen LogP contribution in [0.25, 0.3) is 0 Å². The summed E-state index contributed by atoms with van der Waals surface area (Å²) in [6, 6.07) is 2.58. The largest absolute Gasteiger partial charge is 0.357 e. The summed E-state index contributed by atoms with van der Waals surface area (Å²) in [5.41, 5.74) is 1.27. The SMILES string of the molecule is CN=C(NCc1ccn(C)c1)N1CCC(C)C(n2ccnc2)C1. The van der Waals surface area contributed by atoms with Crippen molar-refractivity contribution < 1.29 is 0 Å². The topological polar surface area (TPSA) is 50.4 Å². The minimum Gasteiger partial charge on any atom is -0.357 e. The van der Waals surface area contributed by atoms with Gasteiger partial charge in [-0.25, -0.2) is 4.98 Å². The van der Waals surface area contributed by atoms with Crippen molar-refractivity contribution in [2.45, 2.75) is 25.9 Å². The molecule has 6 heteroatoms. The molecule has 0 spiro atoms. The van der Waals surface area contributed by atoms with Gasteiger partial charge in [0, 0.05) is 58.5 Å². The summed E-state index contributed by atoms with van der Waals surface area (Å²) in [5, 5.41) is 3.49. The van der Waals surface area contributed by atoms with E-state index in [-0.39, 0.29) is 0 Å². The first kappa shape index (κ1) is 15.6. The molecule has 2 aromatic heterocycles. The van der Waals surface area contributed by atoms with Gasteiger partial charge in [0.05, 0.1) is 12.4 Å². The maximum atomic E-state index is 4.47. The summed E-state index contributed by atoms with van der Waals surface area (Å²) in [5.74, 6) is 1.62. The Bertz CT molecular complexity index is 642. The second kappa shape index (κ2) is 6.89. The van der Waals surface area contributed by atoms with Crippen molar-refractivity contribution in [3.8, 4) is 0 Å². The first-order valence-corrected chi connectivity index (χ1v) is 8.21. The fraction of sp³-hybridized carbons (Fsp3) is 0.529. The van der Waals surface area contributed by atoms with Crippen LogP contribution in [0.1, 0.15) is 24.9 Å². The summed E-state index contributed by atoms with van der Waals surface area (Å²) >= 11 is 0. The fourth-order valence-electron chi connectivity index (χ4n) is 3.27. The molecule has 2 aromatic rings. The lowest BCUT2D eigenvalue weighted by Gasteiger charge is -2.39. The standard InChI is InChI=1S/C17H26N6/c1-14-4-8-22(12-16(14)23-9-6-19-13-23)17(18-2)20-10-15-5-7-21(3)11-15/h5-7,9,11,13-14,16H,4,8,10,12H2,1-3H3,(H,18,20). The molecule has 124 valence electrons. The van der Waals surface area contributed by atoms with E-state index in [1.807, 2.05) is 26.6 Å². The first-order valence-electron chi connectivity index (χ1n) is 8.21. The highest BCUT2D eigenvalue weighted by atomic mass is 15.3. The van der Waals surface area contributed by atoms with Crippen molar-refractivity contribution in [3.05, 3.63) is 42.7 Å². The van der Waals surface area contributed by atoms with Crippen molar-refractivity contribution in [2.75, 3.05) is 20.1 Å². The molecule has 1 aliphatic heterocycles. The lowest BCUT2D eigenvalue weighted by atomic mass is 9.93. The van der Waals surface area contributed by atoms with E-state index in [4.69, 9.17) is 0 Å². The highest BCUT2D eigenvalue weighted by molar-refractivity contribution is 5.80. The monoisotopic (exact) mass is 314 g/mol. The number of guanidine groups is 1. The number of aryl methyl sites for hydroxylation is 1. The Balaban J connectivity index is 1.64. The van der Waals surface area contributed by atoms with Crippen LogP contribution in [0.3, 0.4) is 0 Å². The third-order valence-corrected chi connectivity index (χ3v) is 4.68. The maximum Gasteiger partial charge on any atom is 0.193 e. The number of aromatic nitrogens is 3. The number of aliphatic imine (C=N–C) groups is 1. The molecule has 3 rings (SSSR count). The van der Waals surface area contributed by atoms with Crippen molar-refractivity contribution in [1.82, 2.24) is 24.3 Å². The van der Waals surface area contributed by atoms with E-state index in [1.165, 1.54) is 5.56 Å². The van der Waals surface area contributed by atoms with Gasteiger partial charge in [-0.2, -0.15) is 0 Å². The van der Waals surface area contributed by atoms with Crippen LogP contribution in [-0.4, -0.2) is 45.1 Å². The predicted molar refractivity (Wildman–Crippen MR) is 92.2 cm³/mol. The van der Waals surface area contributed by atoms with Crippen LogP contribution in [0, 0.1) is 5.92 Å². The van der Waals surface area contributed by atoms with Crippen molar-refractivity contribution in [3.63, 3.8) is 0 Å². The Morgan fingerprint density at radius 2 is 2.30 bits per heavy atom. The Morgan fingerprint density at radius 1 is 1.43 bits per heavy atom. The quantitative estimate of drug-likeness (QED) is 0.695. The lowest BCUT2D eigenvalue weighted by Crippen LogP contribution is -2.48. The van der Waals surface area contributed by atoms with E-state index in [9.17, 15) is 0 Å². The van der Waals surface area contributed by atoms with Crippen LogP contribution in [-0.2, 0) is 13.6 Å². The van der Waals surface area contributed by atoms with Crippen molar-refractivity contribution >= 4 is 5.96 Å².